The van der Waals surface area contributed by atoms with Gasteiger partial charge in [-0.15, -0.1) is 5.10 Å². The fourth-order valence-electron chi connectivity index (χ4n) is 1.14. The molecule has 0 aliphatic rings. The first kappa shape index (κ1) is 8.61. The molecule has 0 radical (unpaired) electrons. The van der Waals surface area contributed by atoms with E-state index in [2.05, 4.69) is 15.2 Å². The number of nitrogens with one attached hydrogen (secondary N) is 1. The molecule has 0 aliphatic heterocycles. The summed E-state index contributed by atoms with van der Waals surface area (Å²) in [6.45, 7) is 0.615. The number of furan rings is 1. The van der Waals surface area contributed by atoms with Crippen molar-refractivity contribution < 1.29 is 4.42 Å². The van der Waals surface area contributed by atoms with E-state index >= 15 is 0 Å². The van der Waals surface area contributed by atoms with E-state index in [-0.39, 0.29) is 0 Å². The highest BCUT2D eigenvalue weighted by atomic mass is 16.3. The molecule has 2 aromatic heterocycles. The van der Waals surface area contributed by atoms with Crippen molar-refractivity contribution in [2.24, 2.45) is 0 Å². The molecule has 0 aliphatic carbocycles. The number of nitrogens with two attached hydrogens (primary N) is 1. The molecule has 0 aromatic carbocycles. The van der Waals surface area contributed by atoms with E-state index in [4.69, 9.17) is 10.2 Å². The monoisotopic (exact) mass is 193 g/mol. The van der Waals surface area contributed by atoms with Gasteiger partial charge in [0.2, 0.25) is 11.9 Å². The Morgan fingerprint density at radius 1 is 1.64 bits per heavy atom. The molecule has 2 rings (SSSR count). The van der Waals surface area contributed by atoms with E-state index in [0.717, 1.165) is 5.76 Å². The minimum Gasteiger partial charge on any atom is -0.467 e. The lowest BCUT2D eigenvalue weighted by Gasteiger charge is -2.11. The third-order valence-corrected chi connectivity index (χ3v) is 1.81. The average molecular weight is 193 g/mol. The van der Waals surface area contributed by atoms with Gasteiger partial charge >= 0.3 is 0 Å². The molecule has 0 unspecified atom stereocenters. The third-order valence-electron chi connectivity index (χ3n) is 1.81. The van der Waals surface area contributed by atoms with Crippen LogP contribution >= 0.6 is 0 Å². The van der Waals surface area contributed by atoms with Crippen LogP contribution in [0.2, 0.25) is 0 Å². The molecule has 6 nitrogen and oxygen atoms in total. The summed E-state index contributed by atoms with van der Waals surface area (Å²) < 4.78 is 5.19. The summed E-state index contributed by atoms with van der Waals surface area (Å²) in [6, 6.07) is 3.74. The van der Waals surface area contributed by atoms with E-state index in [0.29, 0.717) is 18.4 Å². The third kappa shape index (κ3) is 1.68. The lowest BCUT2D eigenvalue weighted by molar-refractivity contribution is 0.506. The molecule has 6 heteroatoms. The normalized spacial score (nSPS) is 10.4. The van der Waals surface area contributed by atoms with Gasteiger partial charge in [0, 0.05) is 7.05 Å². The van der Waals surface area contributed by atoms with Crippen LogP contribution in [0.15, 0.2) is 22.8 Å². The van der Waals surface area contributed by atoms with Gasteiger partial charge < -0.3 is 15.1 Å². The van der Waals surface area contributed by atoms with E-state index in [1.54, 1.807) is 6.26 Å². The molecular formula is C8H11N5O. The maximum atomic E-state index is 5.41. The van der Waals surface area contributed by atoms with Crippen LogP contribution in [0.25, 0.3) is 0 Å². The highest BCUT2D eigenvalue weighted by Crippen LogP contribution is 2.10. The first-order valence-corrected chi connectivity index (χ1v) is 4.17. The maximum Gasteiger partial charge on any atom is 0.246 e. The van der Waals surface area contributed by atoms with Gasteiger partial charge in [-0.05, 0) is 12.1 Å². The number of aromatic nitrogens is 3. The first-order valence-electron chi connectivity index (χ1n) is 4.17. The van der Waals surface area contributed by atoms with Gasteiger partial charge in [0.1, 0.15) is 5.76 Å². The van der Waals surface area contributed by atoms with Gasteiger partial charge in [-0.25, -0.2) is 5.10 Å². The number of hydrogen-bond donors (Lipinski definition) is 2. The first-order chi connectivity index (χ1) is 6.75. The number of nitrogen functional groups attached to an aromatic ring is 1. The molecule has 14 heavy (non-hydrogen) atoms. The Labute approximate surface area is 80.7 Å². The second kappa shape index (κ2) is 3.41. The molecule has 2 heterocycles. The summed E-state index contributed by atoms with van der Waals surface area (Å²) in [4.78, 5) is 5.83. The zero-order valence-electron chi connectivity index (χ0n) is 7.77. The molecule has 2 aromatic rings. The second-order valence-electron chi connectivity index (χ2n) is 2.96. The van der Waals surface area contributed by atoms with Crippen molar-refractivity contribution in [1.29, 1.82) is 0 Å². The van der Waals surface area contributed by atoms with Crippen LogP contribution in [0.4, 0.5) is 11.9 Å². The molecule has 0 saturated carbocycles. The average Bonchev–Trinajstić information content (AvgIpc) is 2.75. The Morgan fingerprint density at radius 2 is 2.50 bits per heavy atom. The van der Waals surface area contributed by atoms with Crippen LogP contribution in [0.3, 0.4) is 0 Å². The second-order valence-corrected chi connectivity index (χ2v) is 2.96. The predicted octanol–water partition coefficient (Wildman–Crippen LogP) is 0.616. The lowest BCUT2D eigenvalue weighted by atomic mass is 10.4. The fourth-order valence-corrected chi connectivity index (χ4v) is 1.14. The molecule has 0 saturated heterocycles. The predicted molar refractivity (Wildman–Crippen MR) is 51.6 cm³/mol. The van der Waals surface area contributed by atoms with Crippen molar-refractivity contribution in [3.63, 3.8) is 0 Å². The van der Waals surface area contributed by atoms with Crippen molar-refractivity contribution in [1.82, 2.24) is 15.2 Å². The minimum atomic E-state index is 0.311. The molecular weight excluding hydrogens is 182 g/mol. The summed E-state index contributed by atoms with van der Waals surface area (Å²) in [7, 11) is 1.87. The molecule has 0 amide bonds. The quantitative estimate of drug-likeness (QED) is 0.746. The molecule has 0 spiro atoms. The van der Waals surface area contributed by atoms with Gasteiger partial charge in [0.15, 0.2) is 0 Å². The van der Waals surface area contributed by atoms with Crippen molar-refractivity contribution in [3.8, 4) is 0 Å². The number of hydrogen-bond acceptors (Lipinski definition) is 5. The molecule has 0 bridgehead atoms. The number of anilines is 2. The van der Waals surface area contributed by atoms with Crippen molar-refractivity contribution in [2.75, 3.05) is 17.7 Å². The fraction of sp³-hybridized carbons (Fsp3) is 0.250. The lowest BCUT2D eigenvalue weighted by Crippen LogP contribution is -2.17. The van der Waals surface area contributed by atoms with Crippen LogP contribution in [-0.2, 0) is 6.54 Å². The highest BCUT2D eigenvalue weighted by molar-refractivity contribution is 5.32. The molecule has 3 N–H and O–H groups in total. The van der Waals surface area contributed by atoms with E-state index < -0.39 is 0 Å². The topological polar surface area (TPSA) is 84.0 Å². The van der Waals surface area contributed by atoms with Gasteiger partial charge in [-0.1, -0.05) is 0 Å². The van der Waals surface area contributed by atoms with Crippen LogP contribution in [0.1, 0.15) is 5.76 Å². The van der Waals surface area contributed by atoms with Crippen molar-refractivity contribution in [3.05, 3.63) is 24.2 Å². The van der Waals surface area contributed by atoms with Crippen LogP contribution < -0.4 is 10.6 Å². The summed E-state index contributed by atoms with van der Waals surface area (Å²) >= 11 is 0. The van der Waals surface area contributed by atoms with Gasteiger partial charge in [0.05, 0.1) is 12.8 Å². The number of aromatic amines is 1. The van der Waals surface area contributed by atoms with E-state index in [1.807, 2.05) is 24.1 Å². The standard InChI is InChI=1S/C8H11N5O/c1-13(5-6-3-2-4-14-6)8-10-7(9)11-12-8/h2-4H,5H2,1H3,(H3,9,10,11,12). The van der Waals surface area contributed by atoms with E-state index in [1.165, 1.54) is 0 Å². The summed E-state index contributed by atoms with van der Waals surface area (Å²) in [5.41, 5.74) is 5.41. The Bertz CT molecular complexity index is 394. The zero-order valence-corrected chi connectivity index (χ0v) is 7.77. The molecule has 74 valence electrons. The maximum absolute atomic E-state index is 5.41. The smallest absolute Gasteiger partial charge is 0.246 e. The Kier molecular flexibility index (Phi) is 2.10. The SMILES string of the molecule is CN(Cc1ccco1)c1n[nH]c(N)n1. The van der Waals surface area contributed by atoms with Crippen LogP contribution in [-0.4, -0.2) is 22.2 Å². The zero-order chi connectivity index (χ0) is 9.97. The highest BCUT2D eigenvalue weighted by Gasteiger charge is 2.08. The Morgan fingerprint density at radius 3 is 3.07 bits per heavy atom. The van der Waals surface area contributed by atoms with Gasteiger partial charge in [-0.2, -0.15) is 4.98 Å². The Hall–Kier alpha value is -1.98. The van der Waals surface area contributed by atoms with Gasteiger partial charge in [-0.3, -0.25) is 0 Å². The van der Waals surface area contributed by atoms with E-state index in [9.17, 15) is 0 Å². The summed E-state index contributed by atoms with van der Waals surface area (Å²) in [5, 5.41) is 6.49. The Balaban J connectivity index is 2.06. The minimum absolute atomic E-state index is 0.311. The number of nitrogens with zero attached hydrogens (tertiary/aromatic N) is 3. The molecule has 0 atom stereocenters. The van der Waals surface area contributed by atoms with Crippen molar-refractivity contribution >= 4 is 11.9 Å². The largest absolute Gasteiger partial charge is 0.467 e. The van der Waals surface area contributed by atoms with Crippen molar-refractivity contribution in [2.45, 2.75) is 6.54 Å². The number of H-pyrrole nitrogens is 1. The summed E-state index contributed by atoms with van der Waals surface area (Å²) in [6.07, 6.45) is 1.63. The summed E-state index contributed by atoms with van der Waals surface area (Å²) in [5.74, 6) is 1.72. The molecule has 0 fully saturated rings. The van der Waals surface area contributed by atoms with Crippen LogP contribution in [0, 0.1) is 0 Å². The van der Waals surface area contributed by atoms with Crippen LogP contribution in [0.5, 0.6) is 0 Å². The van der Waals surface area contributed by atoms with Gasteiger partial charge in [0.25, 0.3) is 0 Å². The number of rotatable bonds is 3.